The molecule has 1 unspecified atom stereocenters. The highest BCUT2D eigenvalue weighted by Crippen LogP contribution is 2.22. The largest absolute Gasteiger partial charge is 0.494 e. The first-order chi connectivity index (χ1) is 10.5. The summed E-state index contributed by atoms with van der Waals surface area (Å²) in [4.78, 5) is 14.3. The van der Waals surface area contributed by atoms with Gasteiger partial charge in [0.1, 0.15) is 5.75 Å². The summed E-state index contributed by atoms with van der Waals surface area (Å²) in [6.45, 7) is 6.66. The minimum atomic E-state index is 0.0103. The first kappa shape index (κ1) is 16.1. The normalized spacial score (nSPS) is 11.8. The first-order valence-corrected chi connectivity index (χ1v) is 7.59. The zero-order chi connectivity index (χ0) is 16.1. The Labute approximate surface area is 132 Å². The van der Waals surface area contributed by atoms with Crippen LogP contribution in [0.15, 0.2) is 48.5 Å². The van der Waals surface area contributed by atoms with Crippen LogP contribution in [0.4, 0.5) is 0 Å². The molecule has 2 rings (SSSR count). The van der Waals surface area contributed by atoms with Gasteiger partial charge in [-0.3, -0.25) is 4.79 Å². The van der Waals surface area contributed by atoms with E-state index in [0.717, 1.165) is 11.3 Å². The average molecular weight is 297 g/mol. The molecule has 0 fully saturated rings. The molecule has 0 heterocycles. The molecule has 2 aromatic rings. The Bertz CT molecular complexity index is 617. The van der Waals surface area contributed by atoms with Crippen LogP contribution in [-0.2, 0) is 0 Å². The summed E-state index contributed by atoms with van der Waals surface area (Å²) in [5.74, 6) is 0.796. The molecule has 22 heavy (non-hydrogen) atoms. The lowest BCUT2D eigenvalue weighted by molar-refractivity contribution is 0.0742. The summed E-state index contributed by atoms with van der Waals surface area (Å²) in [7, 11) is 1.84. The summed E-state index contributed by atoms with van der Waals surface area (Å²) in [5, 5.41) is 0. The molecule has 3 nitrogen and oxygen atoms in total. The van der Waals surface area contributed by atoms with Crippen LogP contribution in [-0.4, -0.2) is 24.5 Å². The van der Waals surface area contributed by atoms with Crippen LogP contribution >= 0.6 is 0 Å². The summed E-state index contributed by atoms with van der Waals surface area (Å²) in [6.07, 6.45) is 0. The molecule has 3 heteroatoms. The third-order valence-corrected chi connectivity index (χ3v) is 3.87. The smallest absolute Gasteiger partial charge is 0.254 e. The van der Waals surface area contributed by atoms with Gasteiger partial charge in [-0.15, -0.1) is 0 Å². The Balaban J connectivity index is 2.12. The molecule has 0 N–H and O–H groups in total. The fourth-order valence-electron chi connectivity index (χ4n) is 2.31. The monoisotopic (exact) mass is 297 g/mol. The lowest BCUT2D eigenvalue weighted by Crippen LogP contribution is -2.29. The van der Waals surface area contributed by atoms with Gasteiger partial charge >= 0.3 is 0 Å². The van der Waals surface area contributed by atoms with Crippen molar-refractivity contribution in [2.24, 2.45) is 0 Å². The molecule has 116 valence electrons. The molecular formula is C19H23NO2. The van der Waals surface area contributed by atoms with Crippen molar-refractivity contribution in [2.45, 2.75) is 26.8 Å². The third-order valence-electron chi connectivity index (χ3n) is 3.87. The van der Waals surface area contributed by atoms with Crippen molar-refractivity contribution >= 4 is 5.91 Å². The number of amides is 1. The van der Waals surface area contributed by atoms with Crippen LogP contribution in [0.3, 0.4) is 0 Å². The number of benzene rings is 2. The van der Waals surface area contributed by atoms with Crippen molar-refractivity contribution in [3.05, 3.63) is 65.2 Å². The summed E-state index contributed by atoms with van der Waals surface area (Å²) < 4.78 is 5.40. The quantitative estimate of drug-likeness (QED) is 0.826. The Morgan fingerprint density at radius 2 is 1.68 bits per heavy atom. The summed E-state index contributed by atoms with van der Waals surface area (Å²) >= 11 is 0. The molecule has 1 amide bonds. The van der Waals surface area contributed by atoms with Gasteiger partial charge in [-0.25, -0.2) is 0 Å². The van der Waals surface area contributed by atoms with E-state index in [-0.39, 0.29) is 11.9 Å². The second kappa shape index (κ2) is 7.12. The Morgan fingerprint density at radius 3 is 2.23 bits per heavy atom. The lowest BCUT2D eigenvalue weighted by Gasteiger charge is -2.25. The van der Waals surface area contributed by atoms with E-state index in [1.807, 2.05) is 45.2 Å². The number of carbonyl (C=O) groups is 1. The van der Waals surface area contributed by atoms with Crippen LogP contribution in [0.25, 0.3) is 0 Å². The average Bonchev–Trinajstić information content (AvgIpc) is 2.54. The van der Waals surface area contributed by atoms with Gasteiger partial charge in [-0.1, -0.05) is 29.8 Å². The standard InChI is InChI=1S/C19H23NO2/c1-5-22-18-12-10-17(11-13-18)19(21)20(4)15(3)16-8-6-14(2)7-9-16/h6-13,15H,5H2,1-4H3. The molecule has 0 aliphatic rings. The minimum absolute atomic E-state index is 0.0103. The predicted octanol–water partition coefficient (Wildman–Crippen LogP) is 4.23. The van der Waals surface area contributed by atoms with Gasteiger partial charge in [0, 0.05) is 12.6 Å². The predicted molar refractivity (Wildman–Crippen MR) is 89.3 cm³/mol. The molecule has 0 saturated carbocycles. The molecule has 0 spiro atoms. The molecule has 0 radical (unpaired) electrons. The van der Waals surface area contributed by atoms with E-state index < -0.39 is 0 Å². The fraction of sp³-hybridized carbons (Fsp3) is 0.316. The van der Waals surface area contributed by atoms with E-state index in [1.165, 1.54) is 5.56 Å². The van der Waals surface area contributed by atoms with Gasteiger partial charge < -0.3 is 9.64 Å². The maximum atomic E-state index is 12.6. The van der Waals surface area contributed by atoms with E-state index >= 15 is 0 Å². The highest BCUT2D eigenvalue weighted by Gasteiger charge is 2.18. The van der Waals surface area contributed by atoms with E-state index in [0.29, 0.717) is 12.2 Å². The number of hydrogen-bond acceptors (Lipinski definition) is 2. The Hall–Kier alpha value is -2.29. The minimum Gasteiger partial charge on any atom is -0.494 e. The van der Waals surface area contributed by atoms with Gasteiger partial charge in [0.25, 0.3) is 5.91 Å². The van der Waals surface area contributed by atoms with Crippen LogP contribution in [0, 0.1) is 6.92 Å². The van der Waals surface area contributed by atoms with Gasteiger partial charge in [0.2, 0.25) is 0 Å². The fourth-order valence-corrected chi connectivity index (χ4v) is 2.31. The SMILES string of the molecule is CCOc1ccc(C(=O)N(C)C(C)c2ccc(C)cc2)cc1. The van der Waals surface area contributed by atoms with Crippen molar-refractivity contribution in [3.63, 3.8) is 0 Å². The van der Waals surface area contributed by atoms with Crippen molar-refractivity contribution in [1.82, 2.24) is 4.90 Å². The second-order valence-electron chi connectivity index (χ2n) is 5.46. The molecule has 0 aliphatic carbocycles. The molecule has 2 aromatic carbocycles. The third kappa shape index (κ3) is 3.67. The van der Waals surface area contributed by atoms with Crippen molar-refractivity contribution < 1.29 is 9.53 Å². The number of rotatable bonds is 5. The highest BCUT2D eigenvalue weighted by molar-refractivity contribution is 5.94. The maximum absolute atomic E-state index is 12.6. The number of ether oxygens (including phenoxy) is 1. The zero-order valence-corrected chi connectivity index (χ0v) is 13.7. The van der Waals surface area contributed by atoms with E-state index in [2.05, 4.69) is 31.2 Å². The second-order valence-corrected chi connectivity index (χ2v) is 5.46. The maximum Gasteiger partial charge on any atom is 0.254 e. The summed E-state index contributed by atoms with van der Waals surface area (Å²) in [6, 6.07) is 15.6. The highest BCUT2D eigenvalue weighted by atomic mass is 16.5. The molecule has 0 saturated heterocycles. The molecule has 1 atom stereocenters. The van der Waals surface area contributed by atoms with Crippen LogP contribution in [0.2, 0.25) is 0 Å². The van der Waals surface area contributed by atoms with Gasteiger partial charge in [-0.05, 0) is 50.6 Å². The van der Waals surface area contributed by atoms with Gasteiger partial charge in [0.15, 0.2) is 0 Å². The Morgan fingerprint density at radius 1 is 1.09 bits per heavy atom. The Kier molecular flexibility index (Phi) is 5.21. The molecular weight excluding hydrogens is 274 g/mol. The van der Waals surface area contributed by atoms with E-state index in [1.54, 1.807) is 4.90 Å². The number of hydrogen-bond donors (Lipinski definition) is 0. The van der Waals surface area contributed by atoms with Crippen molar-refractivity contribution in [1.29, 1.82) is 0 Å². The first-order valence-electron chi connectivity index (χ1n) is 7.59. The molecule has 0 aromatic heterocycles. The van der Waals surface area contributed by atoms with Gasteiger partial charge in [-0.2, -0.15) is 0 Å². The molecule has 0 aliphatic heterocycles. The van der Waals surface area contributed by atoms with Crippen LogP contribution in [0.1, 0.15) is 41.4 Å². The lowest BCUT2D eigenvalue weighted by atomic mass is 10.0. The van der Waals surface area contributed by atoms with Crippen LogP contribution < -0.4 is 4.74 Å². The zero-order valence-electron chi connectivity index (χ0n) is 13.7. The van der Waals surface area contributed by atoms with E-state index in [4.69, 9.17) is 4.74 Å². The number of carbonyl (C=O) groups excluding carboxylic acids is 1. The van der Waals surface area contributed by atoms with E-state index in [9.17, 15) is 4.79 Å². The summed E-state index contributed by atoms with van der Waals surface area (Å²) in [5.41, 5.74) is 3.02. The topological polar surface area (TPSA) is 29.5 Å². The van der Waals surface area contributed by atoms with Crippen molar-refractivity contribution in [2.75, 3.05) is 13.7 Å². The number of nitrogens with zero attached hydrogens (tertiary/aromatic N) is 1. The van der Waals surface area contributed by atoms with Crippen LogP contribution in [0.5, 0.6) is 5.75 Å². The van der Waals surface area contributed by atoms with Crippen molar-refractivity contribution in [3.8, 4) is 5.75 Å². The molecule has 0 bridgehead atoms. The number of aryl methyl sites for hydroxylation is 1. The van der Waals surface area contributed by atoms with Gasteiger partial charge in [0.05, 0.1) is 12.6 Å².